The van der Waals surface area contributed by atoms with Gasteiger partial charge in [0, 0.05) is 22.3 Å². The quantitative estimate of drug-likeness (QED) is 0.193. The number of aryl methyl sites for hydroxylation is 2. The Morgan fingerprint density at radius 2 is 1.18 bits per heavy atom. The summed E-state index contributed by atoms with van der Waals surface area (Å²) in [6.45, 7) is 4.13. The Hall–Kier alpha value is -6.54. The van der Waals surface area contributed by atoms with Crippen LogP contribution in [0.2, 0.25) is 0 Å². The number of nitrogens with zero attached hydrogens (tertiary/aromatic N) is 4. The van der Waals surface area contributed by atoms with Crippen LogP contribution in [0.25, 0.3) is 73.0 Å². The molecule has 2 atom stereocenters. The molecule has 0 spiro atoms. The average Bonchev–Trinajstić information content (AvgIpc) is 3.95. The first kappa shape index (κ1) is 28.5. The van der Waals surface area contributed by atoms with Crippen LogP contribution < -0.4 is 0 Å². The number of benzene rings is 5. The number of rotatable bonds is 5. The fourth-order valence-electron chi connectivity index (χ4n) is 6.77. The summed E-state index contributed by atoms with van der Waals surface area (Å²) in [5.74, 6) is 2.92. The fourth-order valence-corrected chi connectivity index (χ4v) is 6.77. The monoisotopic (exact) mass is 650 g/mol. The molecule has 0 radical (unpaired) electrons. The Morgan fingerprint density at radius 1 is 0.580 bits per heavy atom. The van der Waals surface area contributed by atoms with Gasteiger partial charge in [-0.2, -0.15) is 0 Å². The van der Waals surface area contributed by atoms with Gasteiger partial charge in [-0.1, -0.05) is 48.5 Å². The molecule has 8 nitrogen and oxygen atoms in total. The Balaban J connectivity index is 0.871. The van der Waals surface area contributed by atoms with E-state index in [1.807, 2.05) is 42.5 Å². The van der Waals surface area contributed by atoms with Gasteiger partial charge in [-0.15, -0.1) is 0 Å². The zero-order valence-electron chi connectivity index (χ0n) is 27.3. The van der Waals surface area contributed by atoms with Crippen LogP contribution in [0.1, 0.15) is 22.3 Å². The first-order chi connectivity index (χ1) is 24.5. The van der Waals surface area contributed by atoms with Crippen molar-refractivity contribution in [3.63, 3.8) is 0 Å². The fraction of sp³-hybridized carbons (Fsp3) is 0.0952. The molecule has 2 N–H and O–H groups in total. The van der Waals surface area contributed by atoms with Crippen molar-refractivity contribution in [2.24, 2.45) is 4.99 Å². The number of ether oxygens (including phenoxy) is 1. The topological polar surface area (TPSA) is 105 Å². The summed E-state index contributed by atoms with van der Waals surface area (Å²) in [4.78, 5) is 26.3. The lowest BCUT2D eigenvalue weighted by atomic mass is 9.95. The van der Waals surface area contributed by atoms with Gasteiger partial charge in [-0.3, -0.25) is 0 Å². The van der Waals surface area contributed by atoms with Crippen molar-refractivity contribution in [3.8, 4) is 34.2 Å². The molecule has 4 heterocycles. The molecule has 0 saturated heterocycles. The molecule has 0 bridgehead atoms. The normalized spacial score (nSPS) is 16.9. The van der Waals surface area contributed by atoms with Crippen molar-refractivity contribution in [1.82, 2.24) is 24.9 Å². The highest BCUT2D eigenvalue weighted by Crippen LogP contribution is 2.33. The third-order valence-corrected chi connectivity index (χ3v) is 9.48. The largest absolute Gasteiger partial charge is 0.467 e. The highest BCUT2D eigenvalue weighted by atomic mass is 16.5. The molecule has 50 heavy (non-hydrogen) atoms. The first-order valence-corrected chi connectivity index (χ1v) is 16.7. The predicted octanol–water partition coefficient (Wildman–Crippen LogP) is 9.37. The van der Waals surface area contributed by atoms with Crippen LogP contribution in [0.4, 0.5) is 0 Å². The molecule has 10 rings (SSSR count). The summed E-state index contributed by atoms with van der Waals surface area (Å²) in [5.41, 5.74) is 13.9. The lowest BCUT2D eigenvalue weighted by molar-refractivity contribution is 0.255. The van der Waals surface area contributed by atoms with E-state index in [1.165, 1.54) is 5.56 Å². The van der Waals surface area contributed by atoms with E-state index in [2.05, 4.69) is 108 Å². The number of hydrogen-bond acceptors (Lipinski definition) is 6. The maximum absolute atomic E-state index is 6.28. The van der Waals surface area contributed by atoms with E-state index in [0.29, 0.717) is 11.8 Å². The van der Waals surface area contributed by atoms with E-state index in [-0.39, 0.29) is 12.1 Å². The number of H-pyrrole nitrogens is 2. The minimum absolute atomic E-state index is 0.107. The number of aliphatic imine (C=N–C) groups is 1. The van der Waals surface area contributed by atoms with Crippen molar-refractivity contribution in [2.45, 2.75) is 26.0 Å². The van der Waals surface area contributed by atoms with Gasteiger partial charge in [-0.25, -0.2) is 19.9 Å². The van der Waals surface area contributed by atoms with Gasteiger partial charge in [-0.05, 0) is 109 Å². The van der Waals surface area contributed by atoms with Crippen molar-refractivity contribution in [2.75, 3.05) is 0 Å². The lowest BCUT2D eigenvalue weighted by Gasteiger charge is -2.17. The van der Waals surface area contributed by atoms with E-state index in [1.54, 1.807) is 0 Å². The SMILES string of the molecule is Cc1ccc2[nH]c(-c3ccc(-c4nc5cc(C6=CC7N=C(c8ccc(-c9nc%10cc(C)ccc%10o9)cc8)OC7C=C6)ccc5[nH]4)cc3)nc2c1. The van der Waals surface area contributed by atoms with Crippen LogP contribution in [0.15, 0.2) is 131 Å². The number of allylic oxidation sites excluding steroid dienone is 2. The minimum Gasteiger partial charge on any atom is -0.467 e. The van der Waals surface area contributed by atoms with Crippen LogP contribution in [-0.2, 0) is 4.74 Å². The third-order valence-electron chi connectivity index (χ3n) is 9.48. The van der Waals surface area contributed by atoms with Crippen molar-refractivity contribution < 1.29 is 9.15 Å². The number of aromatic nitrogens is 5. The Labute approximate surface area is 286 Å². The van der Waals surface area contributed by atoms with Crippen LogP contribution in [0, 0.1) is 13.8 Å². The molecule has 1 aliphatic carbocycles. The number of hydrogen-bond donors (Lipinski definition) is 2. The summed E-state index contributed by atoms with van der Waals surface area (Å²) < 4.78 is 12.3. The van der Waals surface area contributed by atoms with Crippen LogP contribution in [0.3, 0.4) is 0 Å². The summed E-state index contributed by atoms with van der Waals surface area (Å²) >= 11 is 0. The standard InChI is InChI=1S/C42H30N6O2/c1-23-3-15-31-33(19-23)45-39(43-31)25-5-7-26(8-6-25)40-44-32-16-13-29(21-34(32)46-40)30-14-18-38-36(22-30)48-42(50-38)28-11-9-27(10-12-28)41-47-35-20-24(2)4-17-37(35)49-41/h3-22,36,38H,1-2H3,(H,43,45)(H,44,46). The van der Waals surface area contributed by atoms with E-state index >= 15 is 0 Å². The van der Waals surface area contributed by atoms with Crippen molar-refractivity contribution in [1.29, 1.82) is 0 Å². The molecule has 3 aromatic heterocycles. The minimum atomic E-state index is -0.138. The maximum atomic E-state index is 6.28. The zero-order chi connectivity index (χ0) is 33.3. The molecule has 0 saturated carbocycles. The molecular weight excluding hydrogens is 621 g/mol. The summed E-state index contributed by atoms with van der Waals surface area (Å²) in [6.07, 6.45) is 6.25. The second-order valence-corrected chi connectivity index (χ2v) is 13.1. The lowest BCUT2D eigenvalue weighted by Crippen LogP contribution is -2.20. The summed E-state index contributed by atoms with van der Waals surface area (Å²) in [7, 11) is 0. The number of imidazole rings is 2. The van der Waals surface area contributed by atoms with Gasteiger partial charge in [0.05, 0.1) is 22.1 Å². The second kappa shape index (κ2) is 11.0. The zero-order valence-corrected chi connectivity index (χ0v) is 27.3. The van der Waals surface area contributed by atoms with E-state index in [4.69, 9.17) is 24.1 Å². The van der Waals surface area contributed by atoms with Crippen molar-refractivity contribution >= 4 is 44.6 Å². The molecule has 2 unspecified atom stereocenters. The summed E-state index contributed by atoms with van der Waals surface area (Å²) in [5, 5.41) is 0. The number of aromatic amines is 2. The molecule has 5 aromatic carbocycles. The Kier molecular flexibility index (Phi) is 6.26. The predicted molar refractivity (Wildman–Crippen MR) is 198 cm³/mol. The van der Waals surface area contributed by atoms with Crippen LogP contribution >= 0.6 is 0 Å². The summed E-state index contributed by atoms with van der Waals surface area (Å²) in [6, 6.07) is 34.9. The Morgan fingerprint density at radius 3 is 1.92 bits per heavy atom. The van der Waals surface area contributed by atoms with Gasteiger partial charge >= 0.3 is 0 Å². The van der Waals surface area contributed by atoms with Crippen LogP contribution in [0.5, 0.6) is 0 Å². The van der Waals surface area contributed by atoms with Gasteiger partial charge < -0.3 is 19.1 Å². The van der Waals surface area contributed by atoms with Gasteiger partial charge in [0.25, 0.3) is 0 Å². The van der Waals surface area contributed by atoms with Gasteiger partial charge in [0.15, 0.2) is 5.58 Å². The van der Waals surface area contributed by atoms with Crippen LogP contribution in [-0.4, -0.2) is 43.0 Å². The van der Waals surface area contributed by atoms with Gasteiger partial charge in [0.2, 0.25) is 11.8 Å². The number of nitrogens with one attached hydrogen (secondary N) is 2. The third kappa shape index (κ3) is 4.92. The molecule has 8 heteroatoms. The van der Waals surface area contributed by atoms with E-state index in [0.717, 1.165) is 83.8 Å². The molecule has 1 aliphatic heterocycles. The van der Waals surface area contributed by atoms with E-state index < -0.39 is 0 Å². The second-order valence-electron chi connectivity index (χ2n) is 13.1. The molecule has 0 fully saturated rings. The molecule has 8 aromatic rings. The maximum Gasteiger partial charge on any atom is 0.227 e. The molecular formula is C42H30N6O2. The average molecular weight is 651 g/mol. The molecule has 2 aliphatic rings. The number of fused-ring (bicyclic) bond motifs is 4. The Bertz CT molecular complexity index is 2710. The molecule has 0 amide bonds. The first-order valence-electron chi connectivity index (χ1n) is 16.7. The van der Waals surface area contributed by atoms with Crippen molar-refractivity contribution in [3.05, 3.63) is 144 Å². The highest BCUT2D eigenvalue weighted by Gasteiger charge is 2.31. The van der Waals surface area contributed by atoms with Gasteiger partial charge in [0.1, 0.15) is 29.3 Å². The molecule has 240 valence electrons. The smallest absolute Gasteiger partial charge is 0.227 e. The highest BCUT2D eigenvalue weighted by molar-refractivity contribution is 5.97. The number of oxazole rings is 1. The van der Waals surface area contributed by atoms with E-state index in [9.17, 15) is 0 Å².